The molecule has 1 fully saturated rings. The summed E-state index contributed by atoms with van der Waals surface area (Å²) >= 11 is 0. The summed E-state index contributed by atoms with van der Waals surface area (Å²) in [6, 6.07) is 0. The summed E-state index contributed by atoms with van der Waals surface area (Å²) in [6.45, 7) is 2.46. The number of carbonyl (C=O) groups excluding carboxylic acids is 1. The predicted octanol–water partition coefficient (Wildman–Crippen LogP) is 0.747. The maximum absolute atomic E-state index is 11.7. The van der Waals surface area contributed by atoms with Gasteiger partial charge < -0.3 is 15.7 Å². The number of piperidine rings is 1. The van der Waals surface area contributed by atoms with Crippen LogP contribution in [0.25, 0.3) is 0 Å². The van der Waals surface area contributed by atoms with E-state index in [0.29, 0.717) is 13.0 Å². The lowest BCUT2D eigenvalue weighted by atomic mass is 9.99. The first-order valence-electron chi connectivity index (χ1n) is 6.40. The fourth-order valence-corrected chi connectivity index (χ4v) is 2.01. The van der Waals surface area contributed by atoms with Crippen LogP contribution in [0.3, 0.4) is 0 Å². The second kappa shape index (κ2) is 8.06. The van der Waals surface area contributed by atoms with Crippen molar-refractivity contribution in [2.45, 2.75) is 38.5 Å². The lowest BCUT2D eigenvalue weighted by Crippen LogP contribution is -2.40. The van der Waals surface area contributed by atoms with Gasteiger partial charge in [0, 0.05) is 19.5 Å². The lowest BCUT2D eigenvalue weighted by Gasteiger charge is -2.21. The monoisotopic (exact) mass is 242 g/mol. The molecule has 5 heteroatoms. The number of rotatable bonds is 7. The molecule has 0 aliphatic carbocycles. The number of nitrogens with one attached hydrogen (secondary N) is 2. The summed E-state index contributed by atoms with van der Waals surface area (Å²) in [6.07, 6.45) is 4.67. The van der Waals surface area contributed by atoms with E-state index in [0.717, 1.165) is 38.8 Å². The first-order chi connectivity index (χ1) is 8.20. The minimum Gasteiger partial charge on any atom is -0.481 e. The summed E-state index contributed by atoms with van der Waals surface area (Å²) in [4.78, 5) is 22.0. The molecule has 1 aliphatic heterocycles. The smallest absolute Gasteiger partial charge is 0.303 e. The highest BCUT2D eigenvalue weighted by Crippen LogP contribution is 2.09. The molecule has 0 radical (unpaired) electrons. The van der Waals surface area contributed by atoms with Crippen LogP contribution in [-0.4, -0.2) is 36.6 Å². The molecule has 1 heterocycles. The molecule has 5 nitrogen and oxygen atoms in total. The highest BCUT2D eigenvalue weighted by atomic mass is 16.4. The molecule has 0 spiro atoms. The lowest BCUT2D eigenvalue weighted by molar-refractivity contribution is -0.137. The summed E-state index contributed by atoms with van der Waals surface area (Å²) in [5.41, 5.74) is 0. The normalized spacial score (nSPS) is 19.9. The van der Waals surface area contributed by atoms with Gasteiger partial charge in [-0.25, -0.2) is 0 Å². The Morgan fingerprint density at radius 1 is 1.29 bits per heavy atom. The first kappa shape index (κ1) is 14.0. The molecule has 1 rings (SSSR count). The van der Waals surface area contributed by atoms with Gasteiger partial charge in [0.25, 0.3) is 0 Å². The van der Waals surface area contributed by atoms with Crippen molar-refractivity contribution >= 4 is 11.9 Å². The van der Waals surface area contributed by atoms with Crippen molar-refractivity contribution in [3.8, 4) is 0 Å². The molecule has 1 amide bonds. The van der Waals surface area contributed by atoms with Crippen LogP contribution in [0.5, 0.6) is 0 Å². The van der Waals surface area contributed by atoms with E-state index in [1.54, 1.807) is 0 Å². The zero-order valence-corrected chi connectivity index (χ0v) is 10.2. The van der Waals surface area contributed by atoms with Crippen molar-refractivity contribution in [3.05, 3.63) is 0 Å². The van der Waals surface area contributed by atoms with Crippen LogP contribution < -0.4 is 10.6 Å². The Kier molecular flexibility index (Phi) is 6.62. The molecular formula is C12H22N2O3. The summed E-state index contributed by atoms with van der Waals surface area (Å²) < 4.78 is 0. The Morgan fingerprint density at radius 3 is 2.76 bits per heavy atom. The molecule has 0 aromatic rings. The topological polar surface area (TPSA) is 78.4 Å². The summed E-state index contributed by atoms with van der Waals surface area (Å²) in [5, 5.41) is 14.6. The molecule has 1 saturated heterocycles. The van der Waals surface area contributed by atoms with Crippen molar-refractivity contribution in [1.82, 2.24) is 10.6 Å². The quantitative estimate of drug-likeness (QED) is 0.576. The van der Waals surface area contributed by atoms with E-state index in [2.05, 4.69) is 10.6 Å². The van der Waals surface area contributed by atoms with E-state index in [4.69, 9.17) is 5.11 Å². The maximum Gasteiger partial charge on any atom is 0.303 e. The maximum atomic E-state index is 11.7. The van der Waals surface area contributed by atoms with Crippen molar-refractivity contribution in [2.75, 3.05) is 19.6 Å². The zero-order chi connectivity index (χ0) is 12.5. The van der Waals surface area contributed by atoms with Gasteiger partial charge in [-0.1, -0.05) is 6.42 Å². The van der Waals surface area contributed by atoms with E-state index < -0.39 is 5.97 Å². The third-order valence-electron chi connectivity index (χ3n) is 3.03. The highest BCUT2D eigenvalue weighted by Gasteiger charge is 2.19. The fourth-order valence-electron chi connectivity index (χ4n) is 2.01. The molecule has 1 atom stereocenters. The zero-order valence-electron chi connectivity index (χ0n) is 10.2. The van der Waals surface area contributed by atoms with Crippen LogP contribution in [-0.2, 0) is 9.59 Å². The third-order valence-corrected chi connectivity index (χ3v) is 3.03. The standard InChI is InChI=1S/C12H22N2O3/c15-11(16)6-2-1-3-8-14-12(17)10-5-4-7-13-9-10/h10,13H,1-9H2,(H,14,17)(H,15,16)/t10-/m1/s1. The Bertz CT molecular complexity index is 250. The Labute approximate surface area is 102 Å². The van der Waals surface area contributed by atoms with Crippen LogP contribution in [0.2, 0.25) is 0 Å². The Morgan fingerprint density at radius 2 is 2.12 bits per heavy atom. The first-order valence-corrected chi connectivity index (χ1v) is 6.40. The van der Waals surface area contributed by atoms with E-state index in [-0.39, 0.29) is 18.2 Å². The molecule has 3 N–H and O–H groups in total. The molecule has 0 bridgehead atoms. The van der Waals surface area contributed by atoms with E-state index in [9.17, 15) is 9.59 Å². The average Bonchev–Trinajstić information content (AvgIpc) is 2.34. The summed E-state index contributed by atoms with van der Waals surface area (Å²) in [5.74, 6) is -0.500. The number of carbonyl (C=O) groups is 2. The van der Waals surface area contributed by atoms with E-state index in [1.807, 2.05) is 0 Å². The third kappa shape index (κ3) is 6.26. The molecule has 0 aromatic heterocycles. The van der Waals surface area contributed by atoms with Crippen LogP contribution in [0.15, 0.2) is 0 Å². The average molecular weight is 242 g/mol. The Balaban J connectivity index is 1.98. The number of carboxylic acid groups (broad SMARTS) is 1. The van der Waals surface area contributed by atoms with Crippen LogP contribution in [0.1, 0.15) is 38.5 Å². The number of carboxylic acids is 1. The minimum absolute atomic E-state index is 0.114. The molecule has 1 aliphatic rings. The van der Waals surface area contributed by atoms with E-state index in [1.165, 1.54) is 0 Å². The van der Waals surface area contributed by atoms with Gasteiger partial charge in [-0.3, -0.25) is 9.59 Å². The van der Waals surface area contributed by atoms with Gasteiger partial charge in [0.05, 0.1) is 5.92 Å². The molecule has 98 valence electrons. The highest BCUT2D eigenvalue weighted by molar-refractivity contribution is 5.78. The largest absolute Gasteiger partial charge is 0.481 e. The summed E-state index contributed by atoms with van der Waals surface area (Å²) in [7, 11) is 0. The second-order valence-electron chi connectivity index (χ2n) is 4.54. The fraction of sp³-hybridized carbons (Fsp3) is 0.833. The Hall–Kier alpha value is -1.10. The second-order valence-corrected chi connectivity index (χ2v) is 4.54. The molecule has 17 heavy (non-hydrogen) atoms. The molecule has 0 saturated carbocycles. The number of amides is 1. The molecule has 0 unspecified atom stereocenters. The molecule has 0 aromatic carbocycles. The number of aliphatic carboxylic acids is 1. The number of hydrogen-bond donors (Lipinski definition) is 3. The van der Waals surface area contributed by atoms with Crippen molar-refractivity contribution in [2.24, 2.45) is 5.92 Å². The van der Waals surface area contributed by atoms with E-state index >= 15 is 0 Å². The number of hydrogen-bond acceptors (Lipinski definition) is 3. The van der Waals surface area contributed by atoms with Crippen LogP contribution in [0, 0.1) is 5.92 Å². The minimum atomic E-state index is -0.748. The van der Waals surface area contributed by atoms with Gasteiger partial charge in [0.15, 0.2) is 0 Å². The van der Waals surface area contributed by atoms with Gasteiger partial charge in [0.2, 0.25) is 5.91 Å². The van der Waals surface area contributed by atoms with Gasteiger partial charge in [-0.2, -0.15) is 0 Å². The van der Waals surface area contributed by atoms with Crippen molar-refractivity contribution < 1.29 is 14.7 Å². The number of unbranched alkanes of at least 4 members (excludes halogenated alkanes) is 2. The van der Waals surface area contributed by atoms with Crippen molar-refractivity contribution in [1.29, 1.82) is 0 Å². The molecular weight excluding hydrogens is 220 g/mol. The van der Waals surface area contributed by atoms with Crippen LogP contribution in [0.4, 0.5) is 0 Å². The van der Waals surface area contributed by atoms with Gasteiger partial charge in [-0.05, 0) is 32.2 Å². The predicted molar refractivity (Wildman–Crippen MR) is 64.7 cm³/mol. The van der Waals surface area contributed by atoms with Gasteiger partial charge >= 0.3 is 5.97 Å². The van der Waals surface area contributed by atoms with Crippen molar-refractivity contribution in [3.63, 3.8) is 0 Å². The van der Waals surface area contributed by atoms with Crippen LogP contribution >= 0.6 is 0 Å². The SMILES string of the molecule is O=C(O)CCCCCNC(=O)[C@@H]1CCCNC1. The van der Waals surface area contributed by atoms with Gasteiger partial charge in [0.1, 0.15) is 0 Å². The van der Waals surface area contributed by atoms with Gasteiger partial charge in [-0.15, -0.1) is 0 Å².